The fraction of sp³-hybridized carbons (Fsp3) is 0.167. The van der Waals surface area contributed by atoms with E-state index in [4.69, 9.17) is 5.73 Å². The minimum atomic E-state index is -0.664. The first-order chi connectivity index (χ1) is 5.13. The van der Waals surface area contributed by atoms with Gasteiger partial charge in [0.1, 0.15) is 0 Å². The van der Waals surface area contributed by atoms with Gasteiger partial charge in [0.05, 0.1) is 4.92 Å². The highest BCUT2D eigenvalue weighted by molar-refractivity contribution is 5.97. The molecule has 5 heteroatoms. The molecule has 11 heavy (non-hydrogen) atoms. The molecule has 5 nitrogen and oxygen atoms in total. The number of carbonyl (C=O) groups is 1. The van der Waals surface area contributed by atoms with Gasteiger partial charge in [-0.1, -0.05) is 6.08 Å². The Bertz CT molecular complexity index is 278. The van der Waals surface area contributed by atoms with Crippen LogP contribution in [0.25, 0.3) is 0 Å². The van der Waals surface area contributed by atoms with Crippen LogP contribution in [0.5, 0.6) is 0 Å². The first kappa shape index (κ1) is 7.46. The lowest BCUT2D eigenvalue weighted by atomic mass is 10.1. The molecule has 0 aromatic heterocycles. The molecular weight excluding hydrogens is 148 g/mol. The lowest BCUT2D eigenvalue weighted by Crippen LogP contribution is -2.19. The fourth-order valence-electron chi connectivity index (χ4n) is 0.779. The third kappa shape index (κ3) is 1.26. The Kier molecular flexibility index (Phi) is 1.72. The van der Waals surface area contributed by atoms with Gasteiger partial charge >= 0.3 is 0 Å². The van der Waals surface area contributed by atoms with E-state index in [-0.39, 0.29) is 23.6 Å². The number of nitrogens with zero attached hydrogens (tertiary/aromatic N) is 1. The van der Waals surface area contributed by atoms with Crippen molar-refractivity contribution in [2.45, 2.75) is 6.42 Å². The largest absolute Gasteiger partial charge is 0.390 e. The van der Waals surface area contributed by atoms with E-state index in [1.165, 1.54) is 12.2 Å². The van der Waals surface area contributed by atoms with E-state index < -0.39 is 4.92 Å². The number of hydrogen-bond acceptors (Lipinski definition) is 4. The molecule has 0 aromatic carbocycles. The molecule has 1 rings (SSSR count). The Hall–Kier alpha value is -1.65. The van der Waals surface area contributed by atoms with Crippen LogP contribution in [0.1, 0.15) is 6.42 Å². The molecule has 0 spiro atoms. The van der Waals surface area contributed by atoms with Gasteiger partial charge in [-0.15, -0.1) is 0 Å². The van der Waals surface area contributed by atoms with E-state index in [0.29, 0.717) is 0 Å². The summed E-state index contributed by atoms with van der Waals surface area (Å²) < 4.78 is 0. The maximum Gasteiger partial charge on any atom is 0.295 e. The van der Waals surface area contributed by atoms with E-state index in [1.807, 2.05) is 0 Å². The predicted octanol–water partition coefficient (Wildman–Crippen LogP) is -0.0376. The standard InChI is InChI=1S/C6H6N2O3/c7-6-4(8(10)11)2-1-3-5(6)9/h1-2H,3,7H2. The molecular formula is C6H6N2O3. The SMILES string of the molecule is NC1=C([N+](=O)[O-])C=CCC1=O. The first-order valence-electron chi connectivity index (χ1n) is 2.97. The average molecular weight is 154 g/mol. The zero-order valence-corrected chi connectivity index (χ0v) is 5.61. The van der Waals surface area contributed by atoms with Gasteiger partial charge in [-0.2, -0.15) is 0 Å². The van der Waals surface area contributed by atoms with Gasteiger partial charge < -0.3 is 5.73 Å². The van der Waals surface area contributed by atoms with Crippen molar-refractivity contribution < 1.29 is 9.72 Å². The summed E-state index contributed by atoms with van der Waals surface area (Å²) in [6.45, 7) is 0. The zero-order chi connectivity index (χ0) is 8.43. The second-order valence-electron chi connectivity index (χ2n) is 2.09. The van der Waals surface area contributed by atoms with Crippen LogP contribution in [-0.2, 0) is 4.79 Å². The van der Waals surface area contributed by atoms with Crippen molar-refractivity contribution in [3.8, 4) is 0 Å². The minimum Gasteiger partial charge on any atom is -0.390 e. The van der Waals surface area contributed by atoms with Crippen molar-refractivity contribution in [3.05, 3.63) is 33.7 Å². The van der Waals surface area contributed by atoms with Gasteiger partial charge in [-0.05, 0) is 0 Å². The average Bonchev–Trinajstić information content (AvgIpc) is 1.94. The predicted molar refractivity (Wildman–Crippen MR) is 37.0 cm³/mol. The molecule has 58 valence electrons. The molecule has 0 atom stereocenters. The number of carbonyl (C=O) groups excluding carboxylic acids is 1. The highest BCUT2D eigenvalue weighted by atomic mass is 16.6. The van der Waals surface area contributed by atoms with Crippen LogP contribution >= 0.6 is 0 Å². The normalized spacial score (nSPS) is 17.3. The molecule has 0 fully saturated rings. The first-order valence-corrected chi connectivity index (χ1v) is 2.97. The summed E-state index contributed by atoms with van der Waals surface area (Å²) in [6.07, 6.45) is 2.83. The molecule has 0 saturated heterocycles. The van der Waals surface area contributed by atoms with Crippen LogP contribution in [0.15, 0.2) is 23.5 Å². The number of Topliss-reactive ketones (excluding diaryl/α,β-unsaturated/α-hetero) is 1. The lowest BCUT2D eigenvalue weighted by molar-refractivity contribution is -0.420. The highest BCUT2D eigenvalue weighted by Crippen LogP contribution is 2.11. The van der Waals surface area contributed by atoms with Gasteiger partial charge in [0.2, 0.25) is 0 Å². The number of hydrogen-bond donors (Lipinski definition) is 1. The zero-order valence-electron chi connectivity index (χ0n) is 5.61. The number of ketones is 1. The molecule has 0 heterocycles. The van der Waals surface area contributed by atoms with Crippen molar-refractivity contribution in [3.63, 3.8) is 0 Å². The minimum absolute atomic E-state index is 0.156. The van der Waals surface area contributed by atoms with Crippen LogP contribution in [-0.4, -0.2) is 10.7 Å². The van der Waals surface area contributed by atoms with Crippen LogP contribution in [0.3, 0.4) is 0 Å². The van der Waals surface area contributed by atoms with Gasteiger partial charge in [-0.25, -0.2) is 0 Å². The van der Waals surface area contributed by atoms with Gasteiger partial charge in [-0.3, -0.25) is 14.9 Å². The molecule has 0 bridgehead atoms. The monoisotopic (exact) mass is 154 g/mol. The summed E-state index contributed by atoms with van der Waals surface area (Å²) in [5.41, 5.74) is 4.60. The van der Waals surface area contributed by atoms with E-state index in [9.17, 15) is 14.9 Å². The Morgan fingerprint density at radius 2 is 2.27 bits per heavy atom. The van der Waals surface area contributed by atoms with Crippen molar-refractivity contribution in [2.75, 3.05) is 0 Å². The molecule has 0 aromatic rings. The number of nitrogens with two attached hydrogens (primary N) is 1. The summed E-state index contributed by atoms with van der Waals surface area (Å²) in [5.74, 6) is -0.390. The summed E-state index contributed by atoms with van der Waals surface area (Å²) >= 11 is 0. The van der Waals surface area contributed by atoms with E-state index >= 15 is 0 Å². The summed E-state index contributed by atoms with van der Waals surface area (Å²) in [7, 11) is 0. The van der Waals surface area contributed by atoms with Crippen LogP contribution in [0.4, 0.5) is 0 Å². The number of rotatable bonds is 1. The van der Waals surface area contributed by atoms with E-state index in [2.05, 4.69) is 0 Å². The molecule has 0 aliphatic heterocycles. The second-order valence-corrected chi connectivity index (χ2v) is 2.09. The highest BCUT2D eigenvalue weighted by Gasteiger charge is 2.21. The van der Waals surface area contributed by atoms with Crippen molar-refractivity contribution >= 4 is 5.78 Å². The summed E-state index contributed by atoms with van der Waals surface area (Å²) in [5, 5.41) is 10.2. The van der Waals surface area contributed by atoms with Gasteiger partial charge in [0.25, 0.3) is 5.70 Å². The van der Waals surface area contributed by atoms with Gasteiger partial charge in [0, 0.05) is 12.5 Å². The molecule has 0 unspecified atom stereocenters. The molecule has 0 amide bonds. The molecule has 0 radical (unpaired) electrons. The maximum absolute atomic E-state index is 10.8. The Morgan fingerprint density at radius 3 is 2.73 bits per heavy atom. The number of nitro groups is 1. The Labute approximate surface area is 62.3 Å². The molecule has 2 N–H and O–H groups in total. The maximum atomic E-state index is 10.8. The smallest absolute Gasteiger partial charge is 0.295 e. The molecule has 1 aliphatic carbocycles. The Morgan fingerprint density at radius 1 is 1.64 bits per heavy atom. The second kappa shape index (κ2) is 2.53. The Balaban J connectivity index is 3.08. The molecule has 0 saturated carbocycles. The lowest BCUT2D eigenvalue weighted by Gasteiger charge is -2.02. The van der Waals surface area contributed by atoms with Crippen LogP contribution in [0, 0.1) is 10.1 Å². The van der Waals surface area contributed by atoms with Crippen LogP contribution < -0.4 is 5.73 Å². The van der Waals surface area contributed by atoms with Crippen molar-refractivity contribution in [2.24, 2.45) is 5.73 Å². The van der Waals surface area contributed by atoms with Crippen molar-refractivity contribution in [1.82, 2.24) is 0 Å². The third-order valence-electron chi connectivity index (χ3n) is 1.35. The fourth-order valence-corrected chi connectivity index (χ4v) is 0.779. The third-order valence-corrected chi connectivity index (χ3v) is 1.35. The van der Waals surface area contributed by atoms with E-state index in [0.717, 1.165) is 0 Å². The van der Waals surface area contributed by atoms with E-state index in [1.54, 1.807) is 0 Å². The van der Waals surface area contributed by atoms with Gasteiger partial charge in [0.15, 0.2) is 11.5 Å². The quantitative estimate of drug-likeness (QED) is 0.424. The summed E-state index contributed by atoms with van der Waals surface area (Å²) in [6, 6.07) is 0. The topological polar surface area (TPSA) is 86.2 Å². The number of allylic oxidation sites excluding steroid dienone is 3. The molecule has 1 aliphatic rings. The van der Waals surface area contributed by atoms with Crippen LogP contribution in [0.2, 0.25) is 0 Å². The van der Waals surface area contributed by atoms with Crippen molar-refractivity contribution in [1.29, 1.82) is 0 Å². The summed E-state index contributed by atoms with van der Waals surface area (Å²) in [4.78, 5) is 20.3.